The van der Waals surface area contributed by atoms with E-state index in [1.807, 2.05) is 25.1 Å². The molecule has 0 spiro atoms. The van der Waals surface area contributed by atoms with Crippen LogP contribution in [-0.2, 0) is 17.7 Å². The van der Waals surface area contributed by atoms with Gasteiger partial charge in [0.1, 0.15) is 11.6 Å². The molecule has 0 aliphatic carbocycles. The summed E-state index contributed by atoms with van der Waals surface area (Å²) in [6.07, 6.45) is 2.56. The van der Waals surface area contributed by atoms with Crippen LogP contribution >= 0.6 is 0 Å². The van der Waals surface area contributed by atoms with Crippen LogP contribution in [0.15, 0.2) is 36.5 Å². The lowest BCUT2D eigenvalue weighted by atomic mass is 10.1. The minimum atomic E-state index is -0.280. The lowest BCUT2D eigenvalue weighted by Gasteiger charge is -2.28. The molecule has 1 aliphatic rings. The van der Waals surface area contributed by atoms with Gasteiger partial charge < -0.3 is 20.1 Å². The van der Waals surface area contributed by atoms with E-state index in [1.54, 1.807) is 18.3 Å². The van der Waals surface area contributed by atoms with E-state index < -0.39 is 0 Å². The number of nitrogens with one attached hydrogen (secondary N) is 1. The molecule has 1 aliphatic heterocycles. The van der Waals surface area contributed by atoms with Gasteiger partial charge >= 0.3 is 0 Å². The zero-order valence-electron chi connectivity index (χ0n) is 14.4. The molecule has 1 aromatic carbocycles. The summed E-state index contributed by atoms with van der Waals surface area (Å²) < 4.78 is 5.36. The number of carbonyl (C=O) groups excluding carboxylic acids is 1. The van der Waals surface area contributed by atoms with Gasteiger partial charge in [0.15, 0.2) is 0 Å². The molecule has 25 heavy (non-hydrogen) atoms. The molecule has 1 fully saturated rings. The maximum absolute atomic E-state index is 12.4. The highest BCUT2D eigenvalue weighted by Crippen LogP contribution is 2.19. The van der Waals surface area contributed by atoms with Crippen LogP contribution in [0.25, 0.3) is 0 Å². The molecule has 6 heteroatoms. The summed E-state index contributed by atoms with van der Waals surface area (Å²) in [6.45, 7) is 5.44. The molecule has 132 valence electrons. The Bertz CT molecular complexity index is 742. The van der Waals surface area contributed by atoms with Gasteiger partial charge in [0.05, 0.1) is 18.8 Å². The molecule has 2 heterocycles. The summed E-state index contributed by atoms with van der Waals surface area (Å²) in [5.74, 6) is 0.613. The lowest BCUT2D eigenvalue weighted by Crippen LogP contribution is -2.36. The Morgan fingerprint density at radius 2 is 2.04 bits per heavy atom. The highest BCUT2D eigenvalue weighted by Gasteiger charge is 2.14. The lowest BCUT2D eigenvalue weighted by molar-refractivity contribution is 0.0948. The van der Waals surface area contributed by atoms with Gasteiger partial charge in [-0.25, -0.2) is 4.98 Å². The van der Waals surface area contributed by atoms with E-state index in [2.05, 4.69) is 15.2 Å². The summed E-state index contributed by atoms with van der Waals surface area (Å²) >= 11 is 0. The van der Waals surface area contributed by atoms with E-state index in [9.17, 15) is 9.90 Å². The number of aryl methyl sites for hydroxylation is 1. The van der Waals surface area contributed by atoms with Crippen molar-refractivity contribution in [2.45, 2.75) is 19.9 Å². The van der Waals surface area contributed by atoms with Crippen LogP contribution in [0, 0.1) is 0 Å². The Morgan fingerprint density at radius 1 is 1.24 bits per heavy atom. The number of pyridine rings is 1. The standard InChI is InChI=1S/C19H23N3O3/c1-2-14-3-4-17(23)16(11-14)19(24)21-13-15-5-6-20-18(12-15)22-7-9-25-10-8-22/h3-6,11-12,23H,2,7-10,13H2,1H3,(H,21,24). The van der Waals surface area contributed by atoms with Crippen LogP contribution < -0.4 is 10.2 Å². The topological polar surface area (TPSA) is 74.7 Å². The maximum atomic E-state index is 12.4. The number of nitrogens with zero attached hydrogens (tertiary/aromatic N) is 2. The fourth-order valence-corrected chi connectivity index (χ4v) is 2.80. The van der Waals surface area contributed by atoms with Crippen molar-refractivity contribution in [2.24, 2.45) is 0 Å². The van der Waals surface area contributed by atoms with Gasteiger partial charge in [0.2, 0.25) is 0 Å². The van der Waals surface area contributed by atoms with E-state index in [4.69, 9.17) is 4.74 Å². The summed E-state index contributed by atoms with van der Waals surface area (Å²) in [5.41, 5.74) is 2.29. The van der Waals surface area contributed by atoms with E-state index >= 15 is 0 Å². The van der Waals surface area contributed by atoms with Crippen molar-refractivity contribution in [3.05, 3.63) is 53.2 Å². The Hall–Kier alpha value is -2.60. The maximum Gasteiger partial charge on any atom is 0.255 e. The molecule has 0 bridgehead atoms. The molecule has 1 amide bonds. The second-order valence-corrected chi connectivity index (χ2v) is 6.01. The van der Waals surface area contributed by atoms with Crippen molar-refractivity contribution in [2.75, 3.05) is 31.2 Å². The molecular weight excluding hydrogens is 318 g/mol. The fourth-order valence-electron chi connectivity index (χ4n) is 2.80. The highest BCUT2D eigenvalue weighted by molar-refractivity contribution is 5.96. The Balaban J connectivity index is 1.66. The monoisotopic (exact) mass is 341 g/mol. The number of rotatable bonds is 5. The van der Waals surface area contributed by atoms with E-state index in [1.165, 1.54) is 0 Å². The summed E-state index contributed by atoms with van der Waals surface area (Å²) in [7, 11) is 0. The van der Waals surface area contributed by atoms with Gasteiger partial charge in [-0.3, -0.25) is 4.79 Å². The third kappa shape index (κ3) is 4.28. The minimum Gasteiger partial charge on any atom is -0.507 e. The van der Waals surface area contributed by atoms with Gasteiger partial charge in [0.25, 0.3) is 5.91 Å². The number of ether oxygens (including phenoxy) is 1. The number of anilines is 1. The SMILES string of the molecule is CCc1ccc(O)c(C(=O)NCc2ccnc(N3CCOCC3)c2)c1. The molecule has 0 radical (unpaired) electrons. The number of phenols is 1. The van der Waals surface area contributed by atoms with Gasteiger partial charge in [-0.15, -0.1) is 0 Å². The summed E-state index contributed by atoms with van der Waals surface area (Å²) in [5, 5.41) is 12.8. The smallest absolute Gasteiger partial charge is 0.255 e. The molecule has 1 aromatic heterocycles. The predicted octanol–water partition coefficient (Wildman–Crippen LogP) is 2.12. The van der Waals surface area contributed by atoms with Crippen LogP contribution in [0.4, 0.5) is 5.82 Å². The third-order valence-corrected chi connectivity index (χ3v) is 4.31. The number of hydrogen-bond acceptors (Lipinski definition) is 5. The number of aromatic hydroxyl groups is 1. The first kappa shape index (κ1) is 17.2. The molecule has 0 saturated carbocycles. The van der Waals surface area contributed by atoms with E-state index in [-0.39, 0.29) is 11.7 Å². The Kier molecular flexibility index (Phi) is 5.50. The van der Waals surface area contributed by atoms with E-state index in [0.717, 1.165) is 36.5 Å². The van der Waals surface area contributed by atoms with Crippen molar-refractivity contribution < 1.29 is 14.6 Å². The molecule has 2 N–H and O–H groups in total. The highest BCUT2D eigenvalue weighted by atomic mass is 16.5. The van der Waals surface area contributed by atoms with Crippen molar-refractivity contribution >= 4 is 11.7 Å². The molecule has 0 atom stereocenters. The van der Waals surface area contributed by atoms with Crippen LogP contribution in [0.3, 0.4) is 0 Å². The fraction of sp³-hybridized carbons (Fsp3) is 0.368. The van der Waals surface area contributed by atoms with Gasteiger partial charge in [-0.2, -0.15) is 0 Å². The Labute approximate surface area is 147 Å². The first-order valence-corrected chi connectivity index (χ1v) is 8.55. The van der Waals surface area contributed by atoms with Crippen molar-refractivity contribution in [1.29, 1.82) is 0 Å². The summed E-state index contributed by atoms with van der Waals surface area (Å²) in [4.78, 5) is 19.0. The number of morpholine rings is 1. The number of phenolic OH excluding ortho intramolecular Hbond substituents is 1. The van der Waals surface area contributed by atoms with Crippen LogP contribution in [-0.4, -0.2) is 42.3 Å². The molecule has 0 unspecified atom stereocenters. The number of aromatic nitrogens is 1. The molecule has 6 nitrogen and oxygen atoms in total. The van der Waals surface area contributed by atoms with E-state index in [0.29, 0.717) is 25.3 Å². The number of amides is 1. The quantitative estimate of drug-likeness (QED) is 0.871. The van der Waals surface area contributed by atoms with Crippen LogP contribution in [0.2, 0.25) is 0 Å². The first-order chi connectivity index (χ1) is 12.2. The third-order valence-electron chi connectivity index (χ3n) is 4.31. The second kappa shape index (κ2) is 7.98. The molecule has 2 aromatic rings. The molecular formula is C19H23N3O3. The number of carbonyl (C=O) groups is 1. The van der Waals surface area contributed by atoms with Gasteiger partial charge in [-0.05, 0) is 41.8 Å². The molecule has 3 rings (SSSR count). The van der Waals surface area contributed by atoms with Crippen LogP contribution in [0.5, 0.6) is 5.75 Å². The first-order valence-electron chi connectivity index (χ1n) is 8.55. The number of hydrogen-bond donors (Lipinski definition) is 2. The number of benzene rings is 1. The van der Waals surface area contributed by atoms with Gasteiger partial charge in [-0.1, -0.05) is 13.0 Å². The zero-order valence-corrected chi connectivity index (χ0v) is 14.4. The van der Waals surface area contributed by atoms with Crippen molar-refractivity contribution in [3.63, 3.8) is 0 Å². The average Bonchev–Trinajstić information content (AvgIpc) is 2.67. The van der Waals surface area contributed by atoms with Gasteiger partial charge in [0, 0.05) is 25.8 Å². The average molecular weight is 341 g/mol. The summed E-state index contributed by atoms with van der Waals surface area (Å²) in [6, 6.07) is 8.98. The minimum absolute atomic E-state index is 0.00145. The normalized spacial score (nSPS) is 14.4. The van der Waals surface area contributed by atoms with Crippen LogP contribution in [0.1, 0.15) is 28.4 Å². The largest absolute Gasteiger partial charge is 0.507 e. The predicted molar refractivity (Wildman–Crippen MR) is 95.9 cm³/mol. The van der Waals surface area contributed by atoms with Crippen molar-refractivity contribution in [1.82, 2.24) is 10.3 Å². The second-order valence-electron chi connectivity index (χ2n) is 6.01. The molecule has 1 saturated heterocycles. The zero-order chi connectivity index (χ0) is 17.6. The van der Waals surface area contributed by atoms with Crippen molar-refractivity contribution in [3.8, 4) is 5.75 Å². The Morgan fingerprint density at radius 3 is 2.80 bits per heavy atom.